The van der Waals surface area contributed by atoms with Crippen molar-refractivity contribution in [3.8, 4) is 0 Å². The summed E-state index contributed by atoms with van der Waals surface area (Å²) in [4.78, 5) is 13.2. The van der Waals surface area contributed by atoms with Crippen LogP contribution in [0.4, 0.5) is 9.18 Å². The molecule has 0 aliphatic heterocycles. The number of carbonyl (C=O) groups excluding carboxylic acids is 1. The van der Waals surface area contributed by atoms with Gasteiger partial charge in [0.25, 0.3) is 0 Å². The number of ether oxygens (including phenoxy) is 1. The Labute approximate surface area is 113 Å². The largest absolute Gasteiger partial charge is 0.382 e. The highest BCUT2D eigenvalue weighted by Gasteiger charge is 2.10. The predicted octanol–water partition coefficient (Wildman–Crippen LogP) is 2.39. The van der Waals surface area contributed by atoms with E-state index in [0.29, 0.717) is 25.3 Å². The fourth-order valence-corrected chi connectivity index (χ4v) is 1.60. The molecular formula is C14H21FN2O2. The molecule has 0 atom stereocenters. The van der Waals surface area contributed by atoms with Crippen molar-refractivity contribution < 1.29 is 13.9 Å². The summed E-state index contributed by atoms with van der Waals surface area (Å²) in [6, 6.07) is 6.25. The van der Waals surface area contributed by atoms with E-state index in [1.165, 1.54) is 11.0 Å². The van der Waals surface area contributed by atoms with Crippen LogP contribution in [0.2, 0.25) is 0 Å². The molecule has 0 radical (unpaired) electrons. The van der Waals surface area contributed by atoms with E-state index in [-0.39, 0.29) is 18.4 Å². The minimum Gasteiger partial charge on any atom is -0.382 e. The zero-order chi connectivity index (χ0) is 14.1. The maximum atomic E-state index is 13.4. The van der Waals surface area contributed by atoms with Gasteiger partial charge in [0.15, 0.2) is 0 Å². The first kappa shape index (κ1) is 15.4. The molecule has 1 aromatic carbocycles. The van der Waals surface area contributed by atoms with Gasteiger partial charge >= 0.3 is 6.03 Å². The monoisotopic (exact) mass is 268 g/mol. The first-order valence-electron chi connectivity index (χ1n) is 6.45. The number of rotatable bonds is 7. The van der Waals surface area contributed by atoms with Gasteiger partial charge in [0.2, 0.25) is 0 Å². The van der Waals surface area contributed by atoms with E-state index in [1.807, 2.05) is 6.92 Å². The molecule has 4 nitrogen and oxygen atoms in total. The Morgan fingerprint density at radius 2 is 2.16 bits per heavy atom. The Kier molecular flexibility index (Phi) is 6.89. The summed E-state index contributed by atoms with van der Waals surface area (Å²) in [6.45, 7) is 4.06. The van der Waals surface area contributed by atoms with Crippen molar-refractivity contribution in [2.75, 3.05) is 26.8 Å². The molecule has 0 saturated carbocycles. The van der Waals surface area contributed by atoms with Crippen LogP contribution in [0.5, 0.6) is 0 Å². The first-order valence-corrected chi connectivity index (χ1v) is 6.45. The summed E-state index contributed by atoms with van der Waals surface area (Å²) >= 11 is 0. The SMILES string of the molecule is CCOCCCNC(=O)N(C)Cc1ccccc1F. The van der Waals surface area contributed by atoms with Gasteiger partial charge in [-0.05, 0) is 19.4 Å². The number of hydrogen-bond acceptors (Lipinski definition) is 2. The van der Waals surface area contributed by atoms with Crippen LogP contribution >= 0.6 is 0 Å². The minimum atomic E-state index is -0.293. The molecule has 106 valence electrons. The van der Waals surface area contributed by atoms with Gasteiger partial charge in [0.05, 0.1) is 0 Å². The number of hydrogen-bond donors (Lipinski definition) is 1. The van der Waals surface area contributed by atoms with Crippen LogP contribution in [0.1, 0.15) is 18.9 Å². The lowest BCUT2D eigenvalue weighted by Crippen LogP contribution is -2.37. The van der Waals surface area contributed by atoms with Crippen molar-refractivity contribution in [1.29, 1.82) is 0 Å². The van der Waals surface area contributed by atoms with Crippen molar-refractivity contribution in [2.45, 2.75) is 19.9 Å². The number of benzene rings is 1. The van der Waals surface area contributed by atoms with Gasteiger partial charge in [-0.25, -0.2) is 9.18 Å². The standard InChI is InChI=1S/C14H21FN2O2/c1-3-19-10-6-9-16-14(18)17(2)11-12-7-4-5-8-13(12)15/h4-5,7-8H,3,6,9-11H2,1-2H3,(H,16,18). The highest BCUT2D eigenvalue weighted by molar-refractivity contribution is 5.73. The van der Waals surface area contributed by atoms with Crippen LogP contribution in [0.25, 0.3) is 0 Å². The van der Waals surface area contributed by atoms with Crippen LogP contribution in [0.3, 0.4) is 0 Å². The molecule has 0 aromatic heterocycles. The average molecular weight is 268 g/mol. The van der Waals surface area contributed by atoms with Crippen LogP contribution in [0, 0.1) is 5.82 Å². The van der Waals surface area contributed by atoms with E-state index >= 15 is 0 Å². The van der Waals surface area contributed by atoms with Crippen LogP contribution < -0.4 is 5.32 Å². The van der Waals surface area contributed by atoms with Crippen LogP contribution in [-0.4, -0.2) is 37.7 Å². The van der Waals surface area contributed by atoms with Crippen molar-refractivity contribution >= 4 is 6.03 Å². The second kappa shape index (κ2) is 8.48. The quantitative estimate of drug-likeness (QED) is 0.771. The second-order valence-electron chi connectivity index (χ2n) is 4.23. The molecule has 0 heterocycles. The third-order valence-electron chi connectivity index (χ3n) is 2.66. The molecule has 0 saturated heterocycles. The second-order valence-corrected chi connectivity index (χ2v) is 4.23. The van der Waals surface area contributed by atoms with Gasteiger partial charge in [-0.1, -0.05) is 18.2 Å². The average Bonchev–Trinajstić information content (AvgIpc) is 2.41. The normalized spacial score (nSPS) is 10.3. The number of carbonyl (C=O) groups is 1. The van der Waals surface area contributed by atoms with Gasteiger partial charge in [0.1, 0.15) is 5.82 Å². The lowest BCUT2D eigenvalue weighted by atomic mass is 10.2. The molecule has 0 aliphatic rings. The molecule has 5 heteroatoms. The molecule has 0 aliphatic carbocycles. The molecule has 1 rings (SSSR count). The van der Waals surface area contributed by atoms with Crippen LogP contribution in [-0.2, 0) is 11.3 Å². The third-order valence-corrected chi connectivity index (χ3v) is 2.66. The Balaban J connectivity index is 2.31. The lowest BCUT2D eigenvalue weighted by Gasteiger charge is -2.18. The van der Waals surface area contributed by atoms with Gasteiger partial charge in [-0.2, -0.15) is 0 Å². The number of urea groups is 1. The Bertz CT molecular complexity index is 399. The van der Waals surface area contributed by atoms with Crippen LogP contribution in [0.15, 0.2) is 24.3 Å². The summed E-state index contributed by atoms with van der Waals surface area (Å²) in [7, 11) is 1.64. The van der Waals surface area contributed by atoms with E-state index in [9.17, 15) is 9.18 Å². The molecule has 0 bridgehead atoms. The molecule has 0 spiro atoms. The van der Waals surface area contributed by atoms with Crippen molar-refractivity contribution in [3.05, 3.63) is 35.6 Å². The molecule has 1 aromatic rings. The Hall–Kier alpha value is -1.62. The molecule has 1 N–H and O–H groups in total. The van der Waals surface area contributed by atoms with Gasteiger partial charge in [-0.15, -0.1) is 0 Å². The highest BCUT2D eigenvalue weighted by Crippen LogP contribution is 2.08. The molecule has 0 fully saturated rings. The fourth-order valence-electron chi connectivity index (χ4n) is 1.60. The Morgan fingerprint density at radius 1 is 1.42 bits per heavy atom. The van der Waals surface area contributed by atoms with E-state index in [4.69, 9.17) is 4.74 Å². The number of nitrogens with one attached hydrogen (secondary N) is 1. The molecular weight excluding hydrogens is 247 g/mol. The molecule has 2 amide bonds. The highest BCUT2D eigenvalue weighted by atomic mass is 19.1. The number of nitrogens with zero attached hydrogens (tertiary/aromatic N) is 1. The summed E-state index contributed by atoms with van der Waals surface area (Å²) in [5.41, 5.74) is 0.509. The zero-order valence-electron chi connectivity index (χ0n) is 11.5. The van der Waals surface area contributed by atoms with Crippen molar-refractivity contribution in [2.24, 2.45) is 0 Å². The predicted molar refractivity (Wildman–Crippen MR) is 72.4 cm³/mol. The van der Waals surface area contributed by atoms with E-state index < -0.39 is 0 Å². The summed E-state index contributed by atoms with van der Waals surface area (Å²) in [5, 5.41) is 2.77. The maximum Gasteiger partial charge on any atom is 0.317 e. The third kappa shape index (κ3) is 5.70. The number of amides is 2. The van der Waals surface area contributed by atoms with Crippen molar-refractivity contribution in [3.63, 3.8) is 0 Å². The summed E-state index contributed by atoms with van der Waals surface area (Å²) in [5.74, 6) is -0.293. The summed E-state index contributed by atoms with van der Waals surface area (Å²) in [6.07, 6.45) is 0.771. The van der Waals surface area contributed by atoms with E-state index in [2.05, 4.69) is 5.32 Å². The Morgan fingerprint density at radius 3 is 2.84 bits per heavy atom. The lowest BCUT2D eigenvalue weighted by molar-refractivity contribution is 0.144. The van der Waals surface area contributed by atoms with Gasteiger partial charge in [0, 0.05) is 38.9 Å². The topological polar surface area (TPSA) is 41.6 Å². The summed E-state index contributed by atoms with van der Waals surface area (Å²) < 4.78 is 18.6. The smallest absolute Gasteiger partial charge is 0.317 e. The zero-order valence-corrected chi connectivity index (χ0v) is 11.5. The first-order chi connectivity index (χ1) is 9.15. The molecule has 19 heavy (non-hydrogen) atoms. The number of halogens is 1. The maximum absolute atomic E-state index is 13.4. The van der Waals surface area contributed by atoms with Gasteiger partial charge in [-0.3, -0.25) is 0 Å². The fraction of sp³-hybridized carbons (Fsp3) is 0.500. The minimum absolute atomic E-state index is 0.209. The van der Waals surface area contributed by atoms with Gasteiger partial charge < -0.3 is 15.0 Å². The van der Waals surface area contributed by atoms with E-state index in [1.54, 1.807) is 25.2 Å². The van der Waals surface area contributed by atoms with E-state index in [0.717, 1.165) is 6.42 Å². The van der Waals surface area contributed by atoms with Crippen molar-refractivity contribution in [1.82, 2.24) is 10.2 Å². The molecule has 0 unspecified atom stereocenters.